The molecule has 0 saturated carbocycles. The van der Waals surface area contributed by atoms with Crippen LogP contribution in [0, 0.1) is 12.7 Å². The molecule has 4 aromatic rings. The zero-order valence-corrected chi connectivity index (χ0v) is 25.3. The number of aliphatic carboxylic acids is 1. The summed E-state index contributed by atoms with van der Waals surface area (Å²) in [6.45, 7) is 6.04. The van der Waals surface area contributed by atoms with Crippen molar-refractivity contribution in [2.75, 3.05) is 0 Å². The maximum atomic E-state index is 13.8. The highest BCUT2D eigenvalue weighted by Crippen LogP contribution is 2.42. The molecule has 0 radical (unpaired) electrons. The summed E-state index contributed by atoms with van der Waals surface area (Å²) < 4.78 is 27.3. The lowest BCUT2D eigenvalue weighted by molar-refractivity contribution is -0.136. The van der Waals surface area contributed by atoms with Crippen LogP contribution in [0.2, 0.25) is 0 Å². The summed E-state index contributed by atoms with van der Waals surface area (Å²) >= 11 is 6.98. The van der Waals surface area contributed by atoms with Crippen LogP contribution >= 0.6 is 31.9 Å². The minimum atomic E-state index is -0.950. The molecule has 1 N–H and O–H groups in total. The van der Waals surface area contributed by atoms with Gasteiger partial charge in [0.15, 0.2) is 11.5 Å². The predicted octanol–water partition coefficient (Wildman–Crippen LogP) is 9.01. The summed E-state index contributed by atoms with van der Waals surface area (Å²) in [5.41, 5.74) is 3.77. The minimum absolute atomic E-state index is 0.0119. The van der Waals surface area contributed by atoms with E-state index in [-0.39, 0.29) is 36.1 Å². The lowest BCUT2D eigenvalue weighted by Crippen LogP contribution is -2.08. The average molecular weight is 670 g/mol. The third kappa shape index (κ3) is 7.17. The van der Waals surface area contributed by atoms with E-state index in [0.717, 1.165) is 11.1 Å². The van der Waals surface area contributed by atoms with E-state index in [1.807, 2.05) is 39.0 Å². The number of aryl methyl sites for hydroxylation is 1. The standard InChI is InChI=1S/C32H27Br2FO5/c1-18(2)24-15-29(40-32-26(33)12-21(13-27(32)34)14-30(36)37)25(31(38)22-8-4-6-19(3)10-22)16-28(24)39-17-20-7-5-9-23(35)11-20/h4-13,15-16,18H,14,17H2,1-3H3,(H,36,37). The van der Waals surface area contributed by atoms with E-state index in [0.29, 0.717) is 42.9 Å². The second-order valence-electron chi connectivity index (χ2n) is 9.72. The van der Waals surface area contributed by atoms with Gasteiger partial charge in [-0.2, -0.15) is 0 Å². The second-order valence-corrected chi connectivity index (χ2v) is 11.4. The highest BCUT2D eigenvalue weighted by molar-refractivity contribution is 9.11. The average Bonchev–Trinajstić information content (AvgIpc) is 2.88. The molecule has 0 fully saturated rings. The van der Waals surface area contributed by atoms with Gasteiger partial charge in [-0.1, -0.05) is 49.7 Å². The molecule has 0 unspecified atom stereocenters. The van der Waals surface area contributed by atoms with Crippen LogP contribution in [0.1, 0.15) is 57.9 Å². The first kappa shape index (κ1) is 29.5. The van der Waals surface area contributed by atoms with Crippen LogP contribution in [0.4, 0.5) is 4.39 Å². The van der Waals surface area contributed by atoms with Crippen molar-refractivity contribution in [2.45, 2.75) is 39.7 Å². The molecule has 0 atom stereocenters. The molecular formula is C32H27Br2FO5. The van der Waals surface area contributed by atoms with E-state index in [9.17, 15) is 19.1 Å². The molecule has 0 bridgehead atoms. The molecule has 206 valence electrons. The highest BCUT2D eigenvalue weighted by Gasteiger charge is 2.23. The maximum Gasteiger partial charge on any atom is 0.307 e. The Kier molecular flexibility index (Phi) is 9.43. The van der Waals surface area contributed by atoms with Crippen molar-refractivity contribution in [3.05, 3.63) is 121 Å². The lowest BCUT2D eigenvalue weighted by Gasteiger charge is -2.20. The number of hydrogen-bond donors (Lipinski definition) is 1. The Hall–Kier alpha value is -3.49. The molecule has 0 saturated heterocycles. The van der Waals surface area contributed by atoms with Crippen LogP contribution in [0.15, 0.2) is 81.7 Å². The molecule has 0 aliphatic carbocycles. The molecule has 0 amide bonds. The van der Waals surface area contributed by atoms with Gasteiger partial charge in [0, 0.05) is 11.1 Å². The fraction of sp³-hybridized carbons (Fsp3) is 0.188. The highest BCUT2D eigenvalue weighted by atomic mass is 79.9. The third-order valence-corrected chi connectivity index (χ3v) is 7.35. The molecule has 5 nitrogen and oxygen atoms in total. The van der Waals surface area contributed by atoms with Crippen LogP contribution in [-0.2, 0) is 17.8 Å². The number of carbonyl (C=O) groups is 2. The maximum absolute atomic E-state index is 13.8. The van der Waals surface area contributed by atoms with Crippen molar-refractivity contribution < 1.29 is 28.6 Å². The Morgan fingerprint density at radius 2 is 1.60 bits per heavy atom. The van der Waals surface area contributed by atoms with Crippen LogP contribution in [0.5, 0.6) is 17.2 Å². The van der Waals surface area contributed by atoms with Crippen LogP contribution in [-0.4, -0.2) is 16.9 Å². The summed E-state index contributed by atoms with van der Waals surface area (Å²) in [4.78, 5) is 25.0. The Balaban J connectivity index is 1.81. The Morgan fingerprint density at radius 1 is 0.900 bits per heavy atom. The van der Waals surface area contributed by atoms with Gasteiger partial charge in [0.2, 0.25) is 0 Å². The second kappa shape index (κ2) is 12.8. The van der Waals surface area contributed by atoms with Crippen LogP contribution in [0.3, 0.4) is 0 Å². The van der Waals surface area contributed by atoms with Gasteiger partial charge in [-0.15, -0.1) is 0 Å². The van der Waals surface area contributed by atoms with E-state index in [2.05, 4.69) is 31.9 Å². The molecule has 4 aromatic carbocycles. The van der Waals surface area contributed by atoms with Crippen molar-refractivity contribution in [2.24, 2.45) is 0 Å². The zero-order valence-electron chi connectivity index (χ0n) is 22.1. The van der Waals surface area contributed by atoms with Gasteiger partial charge in [0.1, 0.15) is 23.9 Å². The van der Waals surface area contributed by atoms with Crippen molar-refractivity contribution in [3.8, 4) is 17.2 Å². The molecule has 0 aliphatic heterocycles. The Morgan fingerprint density at radius 3 is 2.23 bits per heavy atom. The van der Waals surface area contributed by atoms with E-state index in [1.54, 1.807) is 42.5 Å². The van der Waals surface area contributed by atoms with Gasteiger partial charge in [-0.25, -0.2) is 4.39 Å². The first-order valence-corrected chi connectivity index (χ1v) is 14.1. The summed E-state index contributed by atoms with van der Waals surface area (Å²) in [6.07, 6.45) is -0.149. The number of carboxylic acids is 1. The third-order valence-electron chi connectivity index (χ3n) is 6.17. The molecule has 0 spiro atoms. The van der Waals surface area contributed by atoms with E-state index >= 15 is 0 Å². The molecule has 0 aromatic heterocycles. The molecule has 4 rings (SSSR count). The molecular weight excluding hydrogens is 643 g/mol. The summed E-state index contributed by atoms with van der Waals surface area (Å²) in [5.74, 6) is -0.324. The van der Waals surface area contributed by atoms with Crippen molar-refractivity contribution >= 4 is 43.6 Å². The minimum Gasteiger partial charge on any atom is -0.489 e. The number of hydrogen-bond acceptors (Lipinski definition) is 4. The van der Waals surface area contributed by atoms with Gasteiger partial charge >= 0.3 is 5.97 Å². The van der Waals surface area contributed by atoms with E-state index < -0.39 is 5.97 Å². The number of benzene rings is 4. The first-order chi connectivity index (χ1) is 19.0. The number of rotatable bonds is 10. The quantitative estimate of drug-likeness (QED) is 0.171. The SMILES string of the molecule is Cc1cccc(C(=O)c2cc(OCc3cccc(F)c3)c(C(C)C)cc2Oc2c(Br)cc(CC(=O)O)cc2Br)c1. The van der Waals surface area contributed by atoms with Gasteiger partial charge in [0.25, 0.3) is 0 Å². The number of halogens is 3. The van der Waals surface area contributed by atoms with Crippen molar-refractivity contribution in [3.63, 3.8) is 0 Å². The smallest absolute Gasteiger partial charge is 0.307 e. The monoisotopic (exact) mass is 668 g/mol. The number of carbonyl (C=O) groups excluding carboxylic acids is 1. The van der Waals surface area contributed by atoms with E-state index in [4.69, 9.17) is 9.47 Å². The topological polar surface area (TPSA) is 72.8 Å². The Labute approximate surface area is 249 Å². The van der Waals surface area contributed by atoms with Gasteiger partial charge in [-0.3, -0.25) is 9.59 Å². The summed E-state index contributed by atoms with van der Waals surface area (Å²) in [6, 6.07) is 20.3. The van der Waals surface area contributed by atoms with Gasteiger partial charge < -0.3 is 14.6 Å². The fourth-order valence-electron chi connectivity index (χ4n) is 4.24. The molecule has 0 heterocycles. The fourth-order valence-corrected chi connectivity index (χ4v) is 5.68. The van der Waals surface area contributed by atoms with Crippen molar-refractivity contribution in [1.82, 2.24) is 0 Å². The number of ketones is 1. The molecule has 8 heteroatoms. The number of ether oxygens (including phenoxy) is 2. The first-order valence-electron chi connectivity index (χ1n) is 12.6. The largest absolute Gasteiger partial charge is 0.489 e. The van der Waals surface area contributed by atoms with Gasteiger partial charge in [0.05, 0.1) is 20.9 Å². The Bertz CT molecular complexity index is 1560. The molecule has 0 aliphatic rings. The van der Waals surface area contributed by atoms with Crippen LogP contribution < -0.4 is 9.47 Å². The van der Waals surface area contributed by atoms with Crippen molar-refractivity contribution in [1.29, 1.82) is 0 Å². The van der Waals surface area contributed by atoms with Crippen LogP contribution in [0.25, 0.3) is 0 Å². The zero-order chi connectivity index (χ0) is 29.0. The van der Waals surface area contributed by atoms with Gasteiger partial charge in [-0.05, 0) is 98.3 Å². The van der Waals surface area contributed by atoms with E-state index in [1.165, 1.54) is 12.1 Å². The molecule has 40 heavy (non-hydrogen) atoms. The number of carboxylic acid groups (broad SMARTS) is 1. The lowest BCUT2D eigenvalue weighted by atomic mass is 9.95. The summed E-state index contributed by atoms with van der Waals surface area (Å²) in [7, 11) is 0. The summed E-state index contributed by atoms with van der Waals surface area (Å²) in [5, 5.41) is 9.19. The normalized spacial score (nSPS) is 11.0. The predicted molar refractivity (Wildman–Crippen MR) is 159 cm³/mol.